The zero-order chi connectivity index (χ0) is 14.7. The van der Waals surface area contributed by atoms with Crippen molar-refractivity contribution in [2.75, 3.05) is 11.4 Å². The molecular formula is C14H18N2O4. The van der Waals surface area contributed by atoms with Crippen molar-refractivity contribution in [1.82, 2.24) is 0 Å². The number of nitro benzene ring substituents is 1. The highest BCUT2D eigenvalue weighted by Gasteiger charge is 2.30. The molecule has 1 unspecified atom stereocenters. The molecule has 1 saturated heterocycles. The number of hydrogen-bond donors (Lipinski definition) is 1. The number of aliphatic carboxylic acids is 1. The van der Waals surface area contributed by atoms with E-state index in [1.165, 1.54) is 6.07 Å². The van der Waals surface area contributed by atoms with Crippen LogP contribution < -0.4 is 4.90 Å². The summed E-state index contributed by atoms with van der Waals surface area (Å²) in [5, 5.41) is 20.2. The van der Waals surface area contributed by atoms with Gasteiger partial charge in [-0.15, -0.1) is 0 Å². The van der Waals surface area contributed by atoms with Crippen LogP contribution >= 0.6 is 0 Å². The van der Waals surface area contributed by atoms with E-state index in [1.807, 2.05) is 17.9 Å². The van der Waals surface area contributed by atoms with Crippen molar-refractivity contribution in [3.05, 3.63) is 33.9 Å². The SMILES string of the molecule is Cc1cccc([N+](=O)[O-])c1N1CCCCC1CC(=O)O. The third-order valence-electron chi connectivity index (χ3n) is 3.74. The number of para-hydroxylation sites is 1. The Labute approximate surface area is 117 Å². The van der Waals surface area contributed by atoms with Crippen LogP contribution in [0, 0.1) is 17.0 Å². The number of nitrogens with zero attached hydrogens (tertiary/aromatic N) is 2. The minimum atomic E-state index is -0.863. The van der Waals surface area contributed by atoms with Gasteiger partial charge < -0.3 is 10.0 Å². The molecule has 1 fully saturated rings. The second kappa shape index (κ2) is 5.90. The van der Waals surface area contributed by atoms with Crippen LogP contribution in [0.1, 0.15) is 31.2 Å². The highest BCUT2D eigenvalue weighted by Crippen LogP contribution is 2.36. The van der Waals surface area contributed by atoms with Gasteiger partial charge in [-0.3, -0.25) is 14.9 Å². The summed E-state index contributed by atoms with van der Waals surface area (Å²) in [5.41, 5.74) is 1.45. The van der Waals surface area contributed by atoms with E-state index in [0.29, 0.717) is 12.2 Å². The summed E-state index contributed by atoms with van der Waals surface area (Å²) in [4.78, 5) is 23.7. The average Bonchev–Trinajstić information content (AvgIpc) is 2.38. The molecule has 0 saturated carbocycles. The van der Waals surface area contributed by atoms with Crippen molar-refractivity contribution >= 4 is 17.3 Å². The first-order valence-corrected chi connectivity index (χ1v) is 6.73. The van der Waals surface area contributed by atoms with E-state index in [1.54, 1.807) is 6.07 Å². The van der Waals surface area contributed by atoms with Gasteiger partial charge in [-0.25, -0.2) is 0 Å². The maximum absolute atomic E-state index is 11.2. The Morgan fingerprint density at radius 1 is 1.50 bits per heavy atom. The molecule has 0 amide bonds. The summed E-state index contributed by atoms with van der Waals surface area (Å²) in [6, 6.07) is 4.80. The highest BCUT2D eigenvalue weighted by atomic mass is 16.6. The van der Waals surface area contributed by atoms with Crippen LogP contribution in [0.3, 0.4) is 0 Å². The third-order valence-corrected chi connectivity index (χ3v) is 3.74. The van der Waals surface area contributed by atoms with Crippen LogP contribution in [0.5, 0.6) is 0 Å². The number of anilines is 1. The van der Waals surface area contributed by atoms with Crippen LogP contribution in [0.15, 0.2) is 18.2 Å². The first-order chi connectivity index (χ1) is 9.50. The van der Waals surface area contributed by atoms with Gasteiger partial charge in [-0.2, -0.15) is 0 Å². The van der Waals surface area contributed by atoms with E-state index in [-0.39, 0.29) is 18.2 Å². The predicted molar refractivity (Wildman–Crippen MR) is 75.1 cm³/mol. The molecule has 6 nitrogen and oxygen atoms in total. The number of nitro groups is 1. The number of hydrogen-bond acceptors (Lipinski definition) is 4. The van der Waals surface area contributed by atoms with Crippen molar-refractivity contribution in [3.8, 4) is 0 Å². The van der Waals surface area contributed by atoms with Crippen LogP contribution in [0.2, 0.25) is 0 Å². The Morgan fingerprint density at radius 2 is 2.25 bits per heavy atom. The standard InChI is InChI=1S/C14H18N2O4/c1-10-5-4-7-12(16(19)20)14(10)15-8-3-2-6-11(15)9-13(17)18/h4-5,7,11H,2-3,6,8-9H2,1H3,(H,17,18). The average molecular weight is 278 g/mol. The van der Waals surface area contributed by atoms with Gasteiger partial charge in [0.1, 0.15) is 5.69 Å². The normalized spacial score (nSPS) is 18.9. The number of rotatable bonds is 4. The van der Waals surface area contributed by atoms with E-state index in [9.17, 15) is 14.9 Å². The van der Waals surface area contributed by atoms with Gasteiger partial charge in [0.25, 0.3) is 5.69 Å². The largest absolute Gasteiger partial charge is 0.481 e. The predicted octanol–water partition coefficient (Wildman–Crippen LogP) is 2.74. The number of piperidine rings is 1. The molecule has 0 spiro atoms. The monoisotopic (exact) mass is 278 g/mol. The van der Waals surface area contributed by atoms with Crippen LogP contribution in [-0.4, -0.2) is 28.6 Å². The Bertz CT molecular complexity index is 530. The number of aryl methyl sites for hydroxylation is 1. The van der Waals surface area contributed by atoms with E-state index < -0.39 is 10.9 Å². The first-order valence-electron chi connectivity index (χ1n) is 6.73. The molecule has 0 bridgehead atoms. The van der Waals surface area contributed by atoms with E-state index in [4.69, 9.17) is 5.11 Å². The Morgan fingerprint density at radius 3 is 2.90 bits per heavy atom. The van der Waals surface area contributed by atoms with Crippen LogP contribution in [-0.2, 0) is 4.79 Å². The van der Waals surface area contributed by atoms with E-state index in [0.717, 1.165) is 24.8 Å². The van der Waals surface area contributed by atoms with E-state index >= 15 is 0 Å². The smallest absolute Gasteiger partial charge is 0.305 e. The number of benzene rings is 1. The second-order valence-electron chi connectivity index (χ2n) is 5.14. The topological polar surface area (TPSA) is 83.7 Å². The molecule has 108 valence electrons. The molecule has 0 aromatic heterocycles. The van der Waals surface area contributed by atoms with Crippen LogP contribution in [0.25, 0.3) is 0 Å². The quantitative estimate of drug-likeness (QED) is 0.676. The number of carbonyl (C=O) groups is 1. The molecule has 0 aliphatic carbocycles. The van der Waals surface area contributed by atoms with Crippen molar-refractivity contribution in [2.24, 2.45) is 0 Å². The molecule has 0 radical (unpaired) electrons. The summed E-state index contributed by atoms with van der Waals surface area (Å²) >= 11 is 0. The van der Waals surface area contributed by atoms with E-state index in [2.05, 4.69) is 0 Å². The summed E-state index contributed by atoms with van der Waals surface area (Å²) < 4.78 is 0. The molecule has 6 heteroatoms. The summed E-state index contributed by atoms with van der Waals surface area (Å²) in [6.07, 6.45) is 2.68. The minimum absolute atomic E-state index is 0.0193. The molecule has 1 aromatic carbocycles. The number of carboxylic acid groups (broad SMARTS) is 1. The van der Waals surface area contributed by atoms with Crippen molar-refractivity contribution in [2.45, 2.75) is 38.6 Å². The fourth-order valence-corrected chi connectivity index (χ4v) is 2.87. The molecule has 1 N–H and O–H groups in total. The van der Waals surface area contributed by atoms with Gasteiger partial charge in [0.05, 0.1) is 11.3 Å². The summed E-state index contributed by atoms with van der Waals surface area (Å²) in [5.74, 6) is -0.863. The first kappa shape index (κ1) is 14.3. The zero-order valence-electron chi connectivity index (χ0n) is 11.4. The molecule has 1 atom stereocenters. The molecule has 1 heterocycles. The van der Waals surface area contributed by atoms with Gasteiger partial charge >= 0.3 is 5.97 Å². The molecular weight excluding hydrogens is 260 g/mol. The number of carboxylic acids is 1. The van der Waals surface area contributed by atoms with Gasteiger partial charge in [0, 0.05) is 18.7 Å². The molecule has 20 heavy (non-hydrogen) atoms. The lowest BCUT2D eigenvalue weighted by Crippen LogP contribution is -2.41. The van der Waals surface area contributed by atoms with Gasteiger partial charge in [-0.1, -0.05) is 12.1 Å². The van der Waals surface area contributed by atoms with Crippen LogP contribution in [0.4, 0.5) is 11.4 Å². The lowest BCUT2D eigenvalue weighted by molar-refractivity contribution is -0.384. The maximum Gasteiger partial charge on any atom is 0.305 e. The van der Waals surface area contributed by atoms with Gasteiger partial charge in [0.15, 0.2) is 0 Å². The Balaban J connectivity index is 2.41. The minimum Gasteiger partial charge on any atom is -0.481 e. The summed E-state index contributed by atoms with van der Waals surface area (Å²) in [7, 11) is 0. The van der Waals surface area contributed by atoms with Crippen molar-refractivity contribution in [3.63, 3.8) is 0 Å². The second-order valence-corrected chi connectivity index (χ2v) is 5.14. The van der Waals surface area contributed by atoms with Crippen molar-refractivity contribution < 1.29 is 14.8 Å². The lowest BCUT2D eigenvalue weighted by atomic mass is 9.97. The molecule has 1 aliphatic rings. The third kappa shape index (κ3) is 2.89. The maximum atomic E-state index is 11.2. The highest BCUT2D eigenvalue weighted by molar-refractivity contribution is 5.72. The van der Waals surface area contributed by atoms with Gasteiger partial charge in [-0.05, 0) is 31.7 Å². The fourth-order valence-electron chi connectivity index (χ4n) is 2.87. The van der Waals surface area contributed by atoms with Crippen molar-refractivity contribution in [1.29, 1.82) is 0 Å². The molecule has 1 aliphatic heterocycles. The Kier molecular flexibility index (Phi) is 4.22. The van der Waals surface area contributed by atoms with Gasteiger partial charge in [0.2, 0.25) is 0 Å². The Hall–Kier alpha value is -2.11. The fraction of sp³-hybridized carbons (Fsp3) is 0.500. The molecule has 1 aromatic rings. The summed E-state index contributed by atoms with van der Waals surface area (Å²) in [6.45, 7) is 2.50. The lowest BCUT2D eigenvalue weighted by Gasteiger charge is -2.37. The molecule has 2 rings (SSSR count). The zero-order valence-corrected chi connectivity index (χ0v) is 11.4.